The van der Waals surface area contributed by atoms with Gasteiger partial charge in [-0.1, -0.05) is 32.0 Å². The van der Waals surface area contributed by atoms with Crippen molar-refractivity contribution in [1.29, 1.82) is 0 Å². The van der Waals surface area contributed by atoms with Gasteiger partial charge in [0.2, 0.25) is 0 Å². The number of aliphatic hydroxyl groups is 1. The van der Waals surface area contributed by atoms with Crippen molar-refractivity contribution in [3.63, 3.8) is 0 Å². The molecule has 1 fully saturated rings. The van der Waals surface area contributed by atoms with Crippen molar-refractivity contribution in [2.24, 2.45) is 0 Å². The van der Waals surface area contributed by atoms with E-state index in [0.29, 0.717) is 5.75 Å². The van der Waals surface area contributed by atoms with Gasteiger partial charge in [0.05, 0.1) is 20.3 Å². The van der Waals surface area contributed by atoms with Gasteiger partial charge in [0.15, 0.2) is 23.0 Å². The molecule has 2 N–H and O–H groups in total. The van der Waals surface area contributed by atoms with E-state index in [1.54, 1.807) is 54.4 Å². The largest absolute Gasteiger partial charge is 0.493 e. The smallest absolute Gasteiger partial charge is 0.409 e. The van der Waals surface area contributed by atoms with Crippen LogP contribution in [0.5, 0.6) is 23.0 Å². The van der Waals surface area contributed by atoms with Gasteiger partial charge < -0.3 is 33.9 Å². The zero-order valence-corrected chi connectivity index (χ0v) is 26.5. The van der Waals surface area contributed by atoms with Crippen molar-refractivity contribution < 1.29 is 42.4 Å². The molecule has 0 radical (unpaired) electrons. The third kappa shape index (κ3) is 8.01. The number of carbonyl (C=O) groups is 2. The highest BCUT2D eigenvalue weighted by Crippen LogP contribution is 2.46. The number of rotatable bonds is 12. The molecule has 0 spiro atoms. The first-order chi connectivity index (χ1) is 21.7. The predicted molar refractivity (Wildman–Crippen MR) is 168 cm³/mol. The third-order valence-corrected chi connectivity index (χ3v) is 7.72. The van der Waals surface area contributed by atoms with Crippen molar-refractivity contribution in [1.82, 2.24) is 14.8 Å². The number of para-hydroxylation sites is 2. The number of pyridine rings is 1. The Balaban J connectivity index is 1.83. The highest BCUT2D eigenvalue weighted by molar-refractivity contribution is 7.81. The molecule has 242 valence electrons. The zero-order valence-electron chi connectivity index (χ0n) is 25.7. The molecule has 1 unspecified atom stereocenters. The van der Waals surface area contributed by atoms with Crippen LogP contribution in [0.25, 0.3) is 0 Å². The Labute approximate surface area is 264 Å². The van der Waals surface area contributed by atoms with Crippen LogP contribution in [-0.2, 0) is 16.0 Å². The molecule has 1 aliphatic heterocycles. The molecule has 14 heteroatoms. The maximum Gasteiger partial charge on any atom is 0.409 e. The number of aliphatic hydroxyl groups excluding tert-OH is 1. The molecule has 1 saturated heterocycles. The number of carbonyl (C=O) groups excluding carboxylic acids is 2. The fourth-order valence-corrected chi connectivity index (χ4v) is 5.25. The lowest BCUT2D eigenvalue weighted by molar-refractivity contribution is 0.0570. The summed E-state index contributed by atoms with van der Waals surface area (Å²) < 4.78 is 47.3. The van der Waals surface area contributed by atoms with Crippen molar-refractivity contribution in [2.75, 3.05) is 57.4 Å². The number of nitrogens with zero attached hydrogens (tertiary/aromatic N) is 4. The summed E-state index contributed by atoms with van der Waals surface area (Å²) in [4.78, 5) is 33.6. The summed E-state index contributed by atoms with van der Waals surface area (Å²) in [5.74, 6) is 0.579. The molecule has 0 saturated carbocycles. The van der Waals surface area contributed by atoms with Crippen LogP contribution in [-0.4, -0.2) is 93.8 Å². The lowest BCUT2D eigenvalue weighted by Crippen LogP contribution is -2.50. The van der Waals surface area contributed by atoms with Crippen molar-refractivity contribution in [3.8, 4) is 23.0 Å². The summed E-state index contributed by atoms with van der Waals surface area (Å²) in [5.41, 5.74) is 1.06. The summed E-state index contributed by atoms with van der Waals surface area (Å²) in [5, 5.41) is 9.58. The quantitative estimate of drug-likeness (QED) is 0.269. The van der Waals surface area contributed by atoms with Crippen LogP contribution < -0.4 is 18.5 Å². The lowest BCUT2D eigenvalue weighted by Gasteiger charge is -2.34. The molecule has 1 aliphatic rings. The first kappa shape index (κ1) is 33.5. The van der Waals surface area contributed by atoms with Gasteiger partial charge in [-0.05, 0) is 48.7 Å². The van der Waals surface area contributed by atoms with Crippen molar-refractivity contribution in [2.45, 2.75) is 26.7 Å². The van der Waals surface area contributed by atoms with E-state index >= 15 is 0 Å². The Morgan fingerprint density at radius 2 is 1.71 bits per heavy atom. The van der Waals surface area contributed by atoms with Gasteiger partial charge in [-0.2, -0.15) is 0 Å². The molecule has 0 bridgehead atoms. The third-order valence-electron chi connectivity index (χ3n) is 7.03. The van der Waals surface area contributed by atoms with Crippen LogP contribution in [0.2, 0.25) is 0 Å². The van der Waals surface area contributed by atoms with E-state index in [2.05, 4.69) is 4.98 Å². The van der Waals surface area contributed by atoms with Crippen LogP contribution >= 0.6 is 0 Å². The molecule has 4 rings (SSSR count). The molecule has 0 aliphatic carbocycles. The maximum absolute atomic E-state index is 13.9. The van der Waals surface area contributed by atoms with Crippen LogP contribution in [0.3, 0.4) is 0 Å². The molecular weight excluding hydrogens is 604 g/mol. The average Bonchev–Trinajstić information content (AvgIpc) is 3.04. The molecule has 2 amide bonds. The van der Waals surface area contributed by atoms with Crippen LogP contribution in [0.4, 0.5) is 16.3 Å². The Morgan fingerprint density at radius 3 is 2.29 bits per heavy atom. The summed E-state index contributed by atoms with van der Waals surface area (Å²) in [6.07, 6.45) is 1.17. The van der Waals surface area contributed by atoms with E-state index < -0.39 is 23.3 Å². The van der Waals surface area contributed by atoms with Gasteiger partial charge in [0, 0.05) is 37.9 Å². The SMILES string of the molecule is CCOC(=O)N1CCN(C(=O)c2cc(OCCO)c(Oc3ccccc3OC)c(N(c3ccc(C(C)C)cn3)S(=O)O)c2)CC1. The first-order valence-corrected chi connectivity index (χ1v) is 15.5. The van der Waals surface area contributed by atoms with Crippen molar-refractivity contribution in [3.05, 3.63) is 65.9 Å². The van der Waals surface area contributed by atoms with E-state index in [1.165, 1.54) is 24.1 Å². The van der Waals surface area contributed by atoms with Crippen molar-refractivity contribution >= 4 is 34.8 Å². The molecule has 2 aromatic carbocycles. The number of hydrogen-bond acceptors (Lipinski definition) is 9. The fourth-order valence-electron chi connectivity index (χ4n) is 4.68. The second-order valence-electron chi connectivity index (χ2n) is 10.3. The van der Waals surface area contributed by atoms with E-state index in [0.717, 1.165) is 9.87 Å². The minimum atomic E-state index is -2.68. The maximum atomic E-state index is 13.9. The summed E-state index contributed by atoms with van der Waals surface area (Å²) >= 11 is -2.68. The molecule has 13 nitrogen and oxygen atoms in total. The Hall–Kier alpha value is -4.40. The van der Waals surface area contributed by atoms with Gasteiger partial charge in [0.1, 0.15) is 18.1 Å². The average molecular weight is 643 g/mol. The highest BCUT2D eigenvalue weighted by atomic mass is 32.2. The standard InChI is InChI=1S/C31H38N4O9S/c1-5-42-31(38)34-14-12-33(13-15-34)30(37)23-18-24(35(45(39)40)28-11-10-22(20-32-28)21(2)3)29(27(19-23)43-17-16-36)44-26-9-7-6-8-25(26)41-4/h6-11,18-21,36H,5,12-17H2,1-4H3,(H,39,40). The van der Waals surface area contributed by atoms with Gasteiger partial charge in [-0.3, -0.25) is 9.35 Å². The van der Waals surface area contributed by atoms with E-state index in [9.17, 15) is 23.5 Å². The minimum absolute atomic E-state index is 0.00577. The molecular formula is C31H38N4O9S. The second-order valence-corrected chi connectivity index (χ2v) is 11.1. The normalized spacial score (nSPS) is 13.8. The topological polar surface area (TPSA) is 151 Å². The number of hydrogen-bond donors (Lipinski definition) is 2. The minimum Gasteiger partial charge on any atom is -0.493 e. The monoisotopic (exact) mass is 642 g/mol. The van der Waals surface area contributed by atoms with E-state index in [-0.39, 0.29) is 86.2 Å². The Kier molecular flexibility index (Phi) is 11.6. The van der Waals surface area contributed by atoms with E-state index in [1.807, 2.05) is 13.8 Å². The predicted octanol–water partition coefficient (Wildman–Crippen LogP) is 4.57. The Morgan fingerprint density at radius 1 is 1.02 bits per heavy atom. The number of anilines is 2. The zero-order chi connectivity index (χ0) is 32.5. The van der Waals surface area contributed by atoms with E-state index in [4.69, 9.17) is 18.9 Å². The molecule has 1 atom stereocenters. The van der Waals surface area contributed by atoms with Gasteiger partial charge in [0.25, 0.3) is 17.2 Å². The summed E-state index contributed by atoms with van der Waals surface area (Å²) in [7, 11) is 1.48. The highest BCUT2D eigenvalue weighted by Gasteiger charge is 2.31. The fraction of sp³-hybridized carbons (Fsp3) is 0.387. The molecule has 2 heterocycles. The van der Waals surface area contributed by atoms with Crippen LogP contribution in [0, 0.1) is 0 Å². The summed E-state index contributed by atoms with van der Waals surface area (Å²) in [6, 6.07) is 13.1. The number of aromatic nitrogens is 1. The summed E-state index contributed by atoms with van der Waals surface area (Å²) in [6.45, 7) is 6.53. The number of benzene rings is 2. The van der Waals surface area contributed by atoms with Gasteiger partial charge >= 0.3 is 6.09 Å². The second kappa shape index (κ2) is 15.5. The number of amides is 2. The van der Waals surface area contributed by atoms with Crippen LogP contribution in [0.15, 0.2) is 54.7 Å². The molecule has 3 aromatic rings. The number of methoxy groups -OCH3 is 1. The van der Waals surface area contributed by atoms with Gasteiger partial charge in [-0.25, -0.2) is 18.3 Å². The molecule has 1 aromatic heterocycles. The number of ether oxygens (including phenoxy) is 4. The van der Waals surface area contributed by atoms with Crippen LogP contribution in [0.1, 0.15) is 42.6 Å². The first-order valence-electron chi connectivity index (χ1n) is 14.5. The lowest BCUT2D eigenvalue weighted by atomic mass is 10.1. The molecule has 45 heavy (non-hydrogen) atoms. The van der Waals surface area contributed by atoms with Gasteiger partial charge in [-0.15, -0.1) is 0 Å². The Bertz CT molecular complexity index is 1490. The number of piperazine rings is 1.